The van der Waals surface area contributed by atoms with Crippen LogP contribution in [0.5, 0.6) is 0 Å². The molecule has 250 valence electrons. The van der Waals surface area contributed by atoms with E-state index in [2.05, 4.69) is 135 Å². The van der Waals surface area contributed by atoms with Crippen LogP contribution in [-0.2, 0) is 5.41 Å². The van der Waals surface area contributed by atoms with Gasteiger partial charge in [0.25, 0.3) is 0 Å². The van der Waals surface area contributed by atoms with Crippen molar-refractivity contribution in [1.29, 1.82) is 5.26 Å². The second-order valence-corrected chi connectivity index (χ2v) is 14.0. The number of fused-ring (bicyclic) bond motifs is 3. The molecule has 0 aliphatic heterocycles. The highest BCUT2D eigenvalue weighted by atomic mass is 15.0. The van der Waals surface area contributed by atoms with Gasteiger partial charge in [-0.25, -0.2) is 15.0 Å². The third-order valence-electron chi connectivity index (χ3n) is 10.3. The first-order chi connectivity index (χ1) is 25.9. The molecule has 0 saturated carbocycles. The van der Waals surface area contributed by atoms with Crippen LogP contribution in [-0.4, -0.2) is 15.0 Å². The van der Waals surface area contributed by atoms with Crippen molar-refractivity contribution in [3.63, 3.8) is 0 Å². The van der Waals surface area contributed by atoms with Crippen LogP contribution in [0.3, 0.4) is 0 Å². The van der Waals surface area contributed by atoms with E-state index in [0.717, 1.165) is 50.1 Å². The predicted octanol–water partition coefficient (Wildman–Crippen LogP) is 12.1. The van der Waals surface area contributed by atoms with Crippen molar-refractivity contribution in [3.8, 4) is 84.7 Å². The Bertz CT molecular complexity index is 2630. The molecule has 1 aromatic heterocycles. The van der Waals surface area contributed by atoms with Crippen LogP contribution in [0.2, 0.25) is 0 Å². The zero-order valence-corrected chi connectivity index (χ0v) is 29.5. The van der Waals surface area contributed by atoms with Crippen LogP contribution >= 0.6 is 0 Å². The fourth-order valence-corrected chi connectivity index (χ4v) is 7.54. The summed E-state index contributed by atoms with van der Waals surface area (Å²) in [6.45, 7) is 4.47. The van der Waals surface area contributed by atoms with Gasteiger partial charge in [-0.3, -0.25) is 0 Å². The quantitative estimate of drug-likeness (QED) is 0.176. The third kappa shape index (κ3) is 5.89. The molecule has 1 aliphatic rings. The number of aromatic nitrogens is 3. The van der Waals surface area contributed by atoms with Gasteiger partial charge in [-0.2, -0.15) is 5.26 Å². The Morgan fingerprint density at radius 1 is 0.377 bits per heavy atom. The summed E-state index contributed by atoms with van der Waals surface area (Å²) in [5.74, 6) is 1.84. The molecule has 0 saturated heterocycles. The smallest absolute Gasteiger partial charge is 0.164 e. The lowest BCUT2D eigenvalue weighted by molar-refractivity contribution is 0.660. The highest BCUT2D eigenvalue weighted by molar-refractivity contribution is 5.86. The summed E-state index contributed by atoms with van der Waals surface area (Å²) in [6, 6.07) is 61.1. The standard InChI is InChI=1S/C49H34N4/c1-49(2)44-24-22-37(30-43(44)42-23-21-32(31-50)25-45(42)49)36-19-12-20-38(26-36)47-51-46(35-17-10-5-11-18-35)52-48(53-47)41-28-39(33-13-6-3-7-14-33)27-40(29-41)34-15-8-4-9-16-34/h3-30H,1-2H3. The molecule has 7 aromatic carbocycles. The van der Waals surface area contributed by atoms with Crippen LogP contribution in [0.1, 0.15) is 30.5 Å². The normalized spacial score (nSPS) is 12.5. The van der Waals surface area contributed by atoms with Crippen molar-refractivity contribution >= 4 is 0 Å². The Hall–Kier alpha value is -6.96. The first-order valence-electron chi connectivity index (χ1n) is 17.8. The molecule has 0 atom stereocenters. The first-order valence-corrected chi connectivity index (χ1v) is 17.8. The highest BCUT2D eigenvalue weighted by Crippen LogP contribution is 2.50. The molecule has 9 rings (SSSR count). The third-order valence-corrected chi connectivity index (χ3v) is 10.3. The van der Waals surface area contributed by atoms with Gasteiger partial charge in [0.15, 0.2) is 17.5 Å². The summed E-state index contributed by atoms with van der Waals surface area (Å²) in [7, 11) is 0. The lowest BCUT2D eigenvalue weighted by Gasteiger charge is -2.21. The number of hydrogen-bond donors (Lipinski definition) is 0. The average molecular weight is 679 g/mol. The molecule has 0 N–H and O–H groups in total. The van der Waals surface area contributed by atoms with Gasteiger partial charge < -0.3 is 0 Å². The fourth-order valence-electron chi connectivity index (χ4n) is 7.54. The number of hydrogen-bond acceptors (Lipinski definition) is 4. The Balaban J connectivity index is 1.18. The van der Waals surface area contributed by atoms with Crippen molar-refractivity contribution in [3.05, 3.63) is 187 Å². The minimum Gasteiger partial charge on any atom is -0.208 e. The van der Waals surface area contributed by atoms with Gasteiger partial charge in [-0.05, 0) is 98.1 Å². The van der Waals surface area contributed by atoms with E-state index in [9.17, 15) is 5.26 Å². The van der Waals surface area contributed by atoms with Crippen LogP contribution in [0, 0.1) is 11.3 Å². The lowest BCUT2D eigenvalue weighted by atomic mass is 9.81. The van der Waals surface area contributed by atoms with Crippen LogP contribution < -0.4 is 0 Å². The maximum Gasteiger partial charge on any atom is 0.164 e. The largest absolute Gasteiger partial charge is 0.208 e. The Kier molecular flexibility index (Phi) is 7.83. The molecule has 8 aromatic rings. The van der Waals surface area contributed by atoms with Crippen molar-refractivity contribution < 1.29 is 0 Å². The minimum atomic E-state index is -0.189. The number of nitrogens with zero attached hydrogens (tertiary/aromatic N) is 4. The summed E-state index contributed by atoms with van der Waals surface area (Å²) in [5, 5.41) is 9.59. The van der Waals surface area contributed by atoms with E-state index in [1.54, 1.807) is 0 Å². The highest BCUT2D eigenvalue weighted by Gasteiger charge is 2.35. The second-order valence-electron chi connectivity index (χ2n) is 14.0. The van der Waals surface area contributed by atoms with Gasteiger partial charge in [0.1, 0.15) is 0 Å². The van der Waals surface area contributed by atoms with E-state index < -0.39 is 0 Å². The van der Waals surface area contributed by atoms with E-state index in [1.165, 1.54) is 22.3 Å². The molecule has 0 fully saturated rings. The average Bonchev–Trinajstić information content (AvgIpc) is 3.46. The molecular formula is C49H34N4. The van der Waals surface area contributed by atoms with Gasteiger partial charge in [-0.15, -0.1) is 0 Å². The van der Waals surface area contributed by atoms with E-state index in [-0.39, 0.29) is 5.41 Å². The summed E-state index contributed by atoms with van der Waals surface area (Å²) < 4.78 is 0. The van der Waals surface area contributed by atoms with E-state index >= 15 is 0 Å². The zero-order valence-electron chi connectivity index (χ0n) is 29.5. The van der Waals surface area contributed by atoms with E-state index in [1.807, 2.05) is 54.6 Å². The fraction of sp³-hybridized carbons (Fsp3) is 0.0612. The molecule has 0 spiro atoms. The maximum absolute atomic E-state index is 9.59. The molecule has 1 heterocycles. The number of nitriles is 1. The topological polar surface area (TPSA) is 62.5 Å². The maximum atomic E-state index is 9.59. The Morgan fingerprint density at radius 2 is 0.868 bits per heavy atom. The summed E-state index contributed by atoms with van der Waals surface area (Å²) in [5.41, 5.74) is 14.7. The minimum absolute atomic E-state index is 0.189. The van der Waals surface area contributed by atoms with Gasteiger partial charge in [0.05, 0.1) is 11.6 Å². The van der Waals surface area contributed by atoms with E-state index in [0.29, 0.717) is 23.0 Å². The van der Waals surface area contributed by atoms with Gasteiger partial charge >= 0.3 is 0 Å². The van der Waals surface area contributed by atoms with Gasteiger partial charge in [0.2, 0.25) is 0 Å². The van der Waals surface area contributed by atoms with Crippen molar-refractivity contribution in [2.45, 2.75) is 19.3 Å². The summed E-state index contributed by atoms with van der Waals surface area (Å²) >= 11 is 0. The van der Waals surface area contributed by atoms with Crippen LogP contribution in [0.25, 0.3) is 78.7 Å². The van der Waals surface area contributed by atoms with Crippen LogP contribution in [0.4, 0.5) is 0 Å². The molecule has 0 unspecified atom stereocenters. The monoisotopic (exact) mass is 678 g/mol. The van der Waals surface area contributed by atoms with Crippen LogP contribution in [0.15, 0.2) is 170 Å². The molecular weight excluding hydrogens is 645 g/mol. The first kappa shape index (κ1) is 32.0. The number of rotatable bonds is 6. The van der Waals surface area contributed by atoms with Crippen molar-refractivity contribution in [2.75, 3.05) is 0 Å². The molecule has 4 heteroatoms. The Labute approximate surface area is 309 Å². The molecule has 4 nitrogen and oxygen atoms in total. The zero-order chi connectivity index (χ0) is 35.9. The summed E-state index contributed by atoms with van der Waals surface area (Å²) in [6.07, 6.45) is 0. The summed E-state index contributed by atoms with van der Waals surface area (Å²) in [4.78, 5) is 15.3. The number of benzene rings is 7. The molecule has 1 aliphatic carbocycles. The van der Waals surface area contributed by atoms with Crippen molar-refractivity contribution in [2.24, 2.45) is 0 Å². The lowest BCUT2D eigenvalue weighted by Crippen LogP contribution is -2.15. The van der Waals surface area contributed by atoms with Gasteiger partial charge in [0, 0.05) is 22.1 Å². The second kappa shape index (κ2) is 13.0. The molecule has 0 amide bonds. The van der Waals surface area contributed by atoms with Gasteiger partial charge in [-0.1, -0.05) is 141 Å². The molecule has 53 heavy (non-hydrogen) atoms. The van der Waals surface area contributed by atoms with E-state index in [4.69, 9.17) is 15.0 Å². The Morgan fingerprint density at radius 3 is 1.49 bits per heavy atom. The molecule has 0 radical (unpaired) electrons. The molecule has 0 bridgehead atoms. The predicted molar refractivity (Wildman–Crippen MR) is 215 cm³/mol. The SMILES string of the molecule is CC1(C)c2ccc(-c3cccc(-c4nc(-c5ccccc5)nc(-c5cc(-c6ccccc6)cc(-c6ccccc6)c5)n4)c3)cc2-c2ccc(C#N)cc21. The van der Waals surface area contributed by atoms with Crippen molar-refractivity contribution in [1.82, 2.24) is 15.0 Å².